The van der Waals surface area contributed by atoms with E-state index in [-0.39, 0.29) is 29.1 Å². The molecule has 0 aliphatic carbocycles. The summed E-state index contributed by atoms with van der Waals surface area (Å²) < 4.78 is 50.6. The van der Waals surface area contributed by atoms with Crippen LogP contribution in [0.1, 0.15) is 12.0 Å². The molecule has 0 bridgehead atoms. The molecular formula is C16H22BF4NO3S. The number of halogens is 4. The number of rotatable bonds is 4. The number of fused-ring (bicyclic) bond motifs is 1. The van der Waals surface area contributed by atoms with Crippen LogP contribution in [0, 0.1) is 0 Å². The number of benzene rings is 1. The number of hydrogen-bond donors (Lipinski definition) is 0. The Morgan fingerprint density at radius 3 is 2.58 bits per heavy atom. The summed E-state index contributed by atoms with van der Waals surface area (Å²) in [5, 5.41) is 0. The van der Waals surface area contributed by atoms with Crippen molar-refractivity contribution in [3.05, 3.63) is 35.9 Å². The van der Waals surface area contributed by atoms with E-state index < -0.39 is 7.25 Å². The van der Waals surface area contributed by atoms with Crippen molar-refractivity contribution in [2.45, 2.75) is 25.3 Å². The fourth-order valence-corrected chi connectivity index (χ4v) is 4.20. The molecule has 2 aliphatic rings. The van der Waals surface area contributed by atoms with Crippen molar-refractivity contribution in [1.82, 2.24) is 4.90 Å². The van der Waals surface area contributed by atoms with E-state index in [1.165, 1.54) is 0 Å². The van der Waals surface area contributed by atoms with Crippen molar-refractivity contribution in [3.63, 3.8) is 0 Å². The average Bonchev–Trinajstić information content (AvgIpc) is 2.89. The summed E-state index contributed by atoms with van der Waals surface area (Å²) in [7, 11) is -5.81. The molecule has 3 atom stereocenters. The van der Waals surface area contributed by atoms with Gasteiger partial charge in [-0.05, 0) is 16.5 Å². The molecule has 1 unspecified atom stereocenters. The lowest BCUT2D eigenvalue weighted by Crippen LogP contribution is -2.44. The molecule has 0 N–H and O–H groups in total. The molecule has 26 heavy (non-hydrogen) atoms. The third-order valence-electron chi connectivity index (χ3n) is 3.98. The quantitative estimate of drug-likeness (QED) is 0.447. The molecular weight excluding hydrogens is 373 g/mol. The van der Waals surface area contributed by atoms with Gasteiger partial charge in [-0.15, -0.1) is 0 Å². The van der Waals surface area contributed by atoms with Crippen LogP contribution >= 0.6 is 0 Å². The Morgan fingerprint density at radius 2 is 1.92 bits per heavy atom. The van der Waals surface area contributed by atoms with Crippen molar-refractivity contribution in [3.8, 4) is 0 Å². The van der Waals surface area contributed by atoms with Gasteiger partial charge < -0.3 is 31.6 Å². The van der Waals surface area contributed by atoms with Crippen LogP contribution in [-0.4, -0.2) is 61.3 Å². The van der Waals surface area contributed by atoms with E-state index in [4.69, 9.17) is 9.47 Å². The lowest BCUT2D eigenvalue weighted by Gasteiger charge is -2.25. The molecule has 1 aromatic carbocycles. The van der Waals surface area contributed by atoms with Crippen LogP contribution in [0.25, 0.3) is 0 Å². The molecule has 2 aliphatic heterocycles. The number of ether oxygens (including phenoxy) is 2. The fourth-order valence-electron chi connectivity index (χ4n) is 2.88. The Bertz CT molecular complexity index is 572. The number of nitrogens with zero attached hydrogens (tertiary/aromatic N) is 1. The second-order valence-electron chi connectivity index (χ2n) is 6.16. The minimum absolute atomic E-state index is 0.0275. The fraction of sp³-hybridized carbons (Fsp3) is 0.562. The molecule has 1 aromatic rings. The summed E-state index contributed by atoms with van der Waals surface area (Å²) in [5.41, 5.74) is 1.16. The van der Waals surface area contributed by atoms with Crippen LogP contribution < -0.4 is 0 Å². The molecule has 0 saturated carbocycles. The van der Waals surface area contributed by atoms with E-state index in [1.54, 1.807) is 0 Å². The second kappa shape index (κ2) is 9.61. The van der Waals surface area contributed by atoms with Crippen LogP contribution in [0.15, 0.2) is 30.3 Å². The Labute approximate surface area is 153 Å². The highest BCUT2D eigenvalue weighted by Crippen LogP contribution is 2.24. The number of amides is 1. The van der Waals surface area contributed by atoms with Gasteiger partial charge in [-0.25, -0.2) is 0 Å². The van der Waals surface area contributed by atoms with Crippen LogP contribution in [0.2, 0.25) is 0 Å². The zero-order valence-electron chi connectivity index (χ0n) is 14.5. The first-order valence-corrected chi connectivity index (χ1v) is 10.2. The van der Waals surface area contributed by atoms with E-state index in [0.717, 1.165) is 17.7 Å². The summed E-state index contributed by atoms with van der Waals surface area (Å²) in [4.78, 5) is 14.3. The normalized spacial score (nSPS) is 26.0. The molecule has 0 radical (unpaired) electrons. The Morgan fingerprint density at radius 1 is 1.27 bits per heavy atom. The van der Waals surface area contributed by atoms with Gasteiger partial charge in [0.1, 0.15) is 12.0 Å². The molecule has 0 aromatic heterocycles. The van der Waals surface area contributed by atoms with Gasteiger partial charge in [0.05, 0.1) is 32.1 Å². The van der Waals surface area contributed by atoms with Crippen molar-refractivity contribution >= 4 is 24.1 Å². The highest BCUT2D eigenvalue weighted by atomic mass is 32.2. The first-order chi connectivity index (χ1) is 12.2. The average molecular weight is 395 g/mol. The van der Waals surface area contributed by atoms with Gasteiger partial charge in [0.15, 0.2) is 5.75 Å². The highest BCUT2D eigenvalue weighted by Gasteiger charge is 2.42. The topological polar surface area (TPSA) is 38.8 Å². The highest BCUT2D eigenvalue weighted by molar-refractivity contribution is 7.96. The molecule has 4 nitrogen and oxygen atoms in total. The van der Waals surface area contributed by atoms with Crippen LogP contribution in [-0.2, 0) is 31.8 Å². The predicted molar refractivity (Wildman–Crippen MR) is 94.3 cm³/mol. The predicted octanol–water partition coefficient (Wildman–Crippen LogP) is 2.71. The molecule has 2 saturated heterocycles. The molecule has 0 spiro atoms. The molecule has 10 heteroatoms. The van der Waals surface area contributed by atoms with Crippen molar-refractivity contribution in [1.29, 1.82) is 0 Å². The molecule has 3 rings (SSSR count). The second-order valence-corrected chi connectivity index (χ2v) is 8.42. The zero-order valence-corrected chi connectivity index (χ0v) is 15.3. The third-order valence-corrected chi connectivity index (χ3v) is 5.65. The Balaban J connectivity index is 0.000000431. The van der Waals surface area contributed by atoms with Gasteiger partial charge in [-0.1, -0.05) is 30.3 Å². The molecule has 146 valence electrons. The minimum Gasteiger partial charge on any atom is -0.418 e. The molecule has 1 amide bonds. The van der Waals surface area contributed by atoms with E-state index in [9.17, 15) is 22.1 Å². The SMILES string of the molecule is C[S+]1CC[C@H]2OC[C@H](COCc3ccccc3)N2C(=O)C1.F[B-](F)(F)F. The summed E-state index contributed by atoms with van der Waals surface area (Å²) >= 11 is 0. The van der Waals surface area contributed by atoms with E-state index in [1.807, 2.05) is 35.2 Å². The third kappa shape index (κ3) is 7.16. The largest absolute Gasteiger partial charge is 0.673 e. The van der Waals surface area contributed by atoms with Crippen molar-refractivity contribution in [2.75, 3.05) is 31.0 Å². The monoisotopic (exact) mass is 395 g/mol. The van der Waals surface area contributed by atoms with Crippen LogP contribution in [0.4, 0.5) is 17.3 Å². The summed E-state index contributed by atoms with van der Waals surface area (Å²) in [6, 6.07) is 10.2. The Hall–Kier alpha value is -1.26. The van der Waals surface area contributed by atoms with Gasteiger partial charge in [0.25, 0.3) is 5.91 Å². The summed E-state index contributed by atoms with van der Waals surface area (Å²) in [6.07, 6.45) is 3.10. The van der Waals surface area contributed by atoms with Gasteiger partial charge in [0.2, 0.25) is 0 Å². The molecule has 2 heterocycles. The van der Waals surface area contributed by atoms with Crippen LogP contribution in [0.3, 0.4) is 0 Å². The molecule has 2 fully saturated rings. The van der Waals surface area contributed by atoms with E-state index in [0.29, 0.717) is 25.6 Å². The van der Waals surface area contributed by atoms with Gasteiger partial charge in [-0.3, -0.25) is 4.79 Å². The lowest BCUT2D eigenvalue weighted by atomic mass is 10.2. The first-order valence-electron chi connectivity index (χ1n) is 8.25. The van der Waals surface area contributed by atoms with E-state index >= 15 is 0 Å². The number of carbonyl (C=O) groups is 1. The maximum Gasteiger partial charge on any atom is 0.673 e. The maximum atomic E-state index is 12.3. The van der Waals surface area contributed by atoms with Crippen molar-refractivity contribution in [2.24, 2.45) is 0 Å². The van der Waals surface area contributed by atoms with E-state index in [2.05, 4.69) is 6.26 Å². The van der Waals surface area contributed by atoms with Crippen LogP contribution in [0.5, 0.6) is 0 Å². The number of carbonyl (C=O) groups excluding carboxylic acids is 1. The summed E-state index contributed by atoms with van der Waals surface area (Å²) in [5.74, 6) is 1.98. The van der Waals surface area contributed by atoms with Gasteiger partial charge in [-0.2, -0.15) is 0 Å². The number of hydrogen-bond acceptors (Lipinski definition) is 3. The standard InChI is InChI=1S/C16H22NO3S.BF4/c1-21-8-7-16-17(15(18)12-21)14(11-20-16)10-19-9-13-5-3-2-4-6-13;2-1(3,4)5/h2-6,14,16H,7-12H2,1H3;/q+1;-1/t14-,16+,21?;/m0./s1. The Kier molecular flexibility index (Phi) is 7.78. The lowest BCUT2D eigenvalue weighted by molar-refractivity contribution is -0.135. The summed E-state index contributed by atoms with van der Waals surface area (Å²) in [6.45, 7) is 1.74. The van der Waals surface area contributed by atoms with Gasteiger partial charge >= 0.3 is 7.25 Å². The van der Waals surface area contributed by atoms with Gasteiger partial charge in [0, 0.05) is 6.42 Å². The first kappa shape index (κ1) is 21.0. The maximum absolute atomic E-state index is 12.3. The minimum atomic E-state index is -6.00. The zero-order chi connectivity index (χ0) is 19.2. The van der Waals surface area contributed by atoms with Crippen molar-refractivity contribution < 1.29 is 31.5 Å². The smallest absolute Gasteiger partial charge is 0.418 e.